The lowest BCUT2D eigenvalue weighted by atomic mass is 9.64. The zero-order chi connectivity index (χ0) is 16.9. The molecule has 0 aromatic rings. The molecular formula is C18H29N3O3. The Hall–Kier alpha value is -1.30. The third kappa shape index (κ3) is 2.89. The molecule has 24 heavy (non-hydrogen) atoms. The summed E-state index contributed by atoms with van der Waals surface area (Å²) < 4.78 is 0. The monoisotopic (exact) mass is 335 g/mol. The predicted octanol–water partition coefficient (Wildman–Crippen LogP) is 1.99. The predicted molar refractivity (Wildman–Crippen MR) is 89.8 cm³/mol. The molecule has 2 aliphatic carbocycles. The van der Waals surface area contributed by atoms with Crippen LogP contribution >= 0.6 is 0 Å². The summed E-state index contributed by atoms with van der Waals surface area (Å²) in [6, 6.07) is 1.59. The van der Waals surface area contributed by atoms with Crippen molar-refractivity contribution in [3.63, 3.8) is 0 Å². The molecule has 0 bridgehead atoms. The molecule has 4 aliphatic rings. The van der Waals surface area contributed by atoms with Crippen LogP contribution in [-0.4, -0.2) is 76.1 Å². The fourth-order valence-corrected chi connectivity index (χ4v) is 5.32. The Labute approximate surface area is 143 Å². The number of carbonyl (C=O) groups excluding carboxylic acids is 1. The maximum Gasteiger partial charge on any atom is 0.407 e. The molecule has 6 nitrogen and oxygen atoms in total. The van der Waals surface area contributed by atoms with E-state index in [0.717, 1.165) is 51.7 Å². The van der Waals surface area contributed by atoms with Crippen LogP contribution in [0.3, 0.4) is 0 Å². The third-order valence-corrected chi connectivity index (χ3v) is 6.76. The Balaban J connectivity index is 1.26. The van der Waals surface area contributed by atoms with Gasteiger partial charge in [-0.15, -0.1) is 0 Å². The van der Waals surface area contributed by atoms with Crippen molar-refractivity contribution < 1.29 is 14.7 Å². The van der Waals surface area contributed by atoms with Gasteiger partial charge in [-0.05, 0) is 50.4 Å². The van der Waals surface area contributed by atoms with Crippen molar-refractivity contribution in [2.24, 2.45) is 5.41 Å². The number of carbonyl (C=O) groups is 2. The second-order valence-electron chi connectivity index (χ2n) is 8.44. The van der Waals surface area contributed by atoms with Crippen LogP contribution in [0.4, 0.5) is 4.79 Å². The zero-order valence-electron chi connectivity index (χ0n) is 14.6. The summed E-state index contributed by atoms with van der Waals surface area (Å²) in [5, 5.41) is 9.14. The number of carboxylic acid groups (broad SMARTS) is 1. The molecule has 1 spiro atoms. The van der Waals surface area contributed by atoms with Crippen molar-refractivity contribution in [3.05, 3.63) is 0 Å². The van der Waals surface area contributed by atoms with E-state index in [1.165, 1.54) is 12.8 Å². The highest BCUT2D eigenvalue weighted by atomic mass is 16.4. The van der Waals surface area contributed by atoms with Crippen LogP contribution in [0.1, 0.15) is 51.9 Å². The average Bonchev–Trinajstić information content (AvgIpc) is 3.22. The van der Waals surface area contributed by atoms with Crippen molar-refractivity contribution in [2.75, 3.05) is 26.2 Å². The van der Waals surface area contributed by atoms with Crippen molar-refractivity contribution in [3.8, 4) is 0 Å². The van der Waals surface area contributed by atoms with Gasteiger partial charge >= 0.3 is 6.09 Å². The number of hydrogen-bond acceptors (Lipinski definition) is 3. The molecule has 0 aromatic heterocycles. The van der Waals surface area contributed by atoms with Crippen LogP contribution in [0.2, 0.25) is 0 Å². The molecule has 0 atom stereocenters. The van der Waals surface area contributed by atoms with E-state index >= 15 is 0 Å². The summed E-state index contributed by atoms with van der Waals surface area (Å²) in [4.78, 5) is 29.4. The minimum absolute atomic E-state index is 0.248. The maximum absolute atomic E-state index is 11.9. The molecule has 2 saturated heterocycles. The largest absolute Gasteiger partial charge is 0.465 e. The van der Waals surface area contributed by atoms with Gasteiger partial charge in [0, 0.05) is 51.2 Å². The molecule has 2 aliphatic heterocycles. The third-order valence-electron chi connectivity index (χ3n) is 6.76. The Morgan fingerprint density at radius 1 is 1.04 bits per heavy atom. The highest BCUT2D eigenvalue weighted by Gasteiger charge is 2.51. The van der Waals surface area contributed by atoms with Gasteiger partial charge in [0.05, 0.1) is 0 Å². The average molecular weight is 335 g/mol. The van der Waals surface area contributed by atoms with E-state index in [1.54, 1.807) is 11.8 Å². The minimum atomic E-state index is -0.763. The van der Waals surface area contributed by atoms with Crippen molar-refractivity contribution in [1.29, 1.82) is 0 Å². The van der Waals surface area contributed by atoms with E-state index in [2.05, 4.69) is 9.80 Å². The van der Waals surface area contributed by atoms with Crippen LogP contribution in [0.5, 0.6) is 0 Å². The van der Waals surface area contributed by atoms with Crippen LogP contribution in [0, 0.1) is 5.41 Å². The van der Waals surface area contributed by atoms with Gasteiger partial charge in [-0.25, -0.2) is 4.79 Å². The lowest BCUT2D eigenvalue weighted by Crippen LogP contribution is -2.56. The molecule has 0 radical (unpaired) electrons. The number of nitrogens with zero attached hydrogens (tertiary/aromatic N) is 3. The summed E-state index contributed by atoms with van der Waals surface area (Å²) >= 11 is 0. The summed E-state index contributed by atoms with van der Waals surface area (Å²) in [6.45, 7) is 5.33. The lowest BCUT2D eigenvalue weighted by molar-refractivity contribution is -0.133. The van der Waals surface area contributed by atoms with Gasteiger partial charge in [-0.1, -0.05) is 0 Å². The van der Waals surface area contributed by atoms with Gasteiger partial charge in [0.1, 0.15) is 0 Å². The van der Waals surface area contributed by atoms with E-state index in [-0.39, 0.29) is 11.3 Å². The molecule has 2 amide bonds. The SMILES string of the molecule is CC(=O)N(C1CC1)C1CCN(C2CC3(CCN(C(=O)O)C3)C2)CC1. The Bertz CT molecular complexity index is 520. The number of hydrogen-bond donors (Lipinski definition) is 1. The minimum Gasteiger partial charge on any atom is -0.465 e. The molecule has 2 saturated carbocycles. The van der Waals surface area contributed by atoms with E-state index in [4.69, 9.17) is 5.11 Å². The van der Waals surface area contributed by atoms with Crippen molar-refractivity contribution in [2.45, 2.75) is 70.0 Å². The van der Waals surface area contributed by atoms with Gasteiger partial charge in [0.25, 0.3) is 0 Å². The van der Waals surface area contributed by atoms with Crippen molar-refractivity contribution >= 4 is 12.0 Å². The van der Waals surface area contributed by atoms with Gasteiger partial charge in [-0.2, -0.15) is 0 Å². The summed E-state index contributed by atoms with van der Waals surface area (Å²) in [6.07, 6.45) is 7.14. The van der Waals surface area contributed by atoms with Gasteiger partial charge < -0.3 is 19.8 Å². The molecule has 1 N–H and O–H groups in total. The smallest absolute Gasteiger partial charge is 0.407 e. The summed E-state index contributed by atoms with van der Waals surface area (Å²) in [5.41, 5.74) is 0.263. The van der Waals surface area contributed by atoms with Crippen LogP contribution in [-0.2, 0) is 4.79 Å². The molecule has 4 rings (SSSR count). The second kappa shape index (κ2) is 5.90. The number of likely N-dealkylation sites (tertiary alicyclic amines) is 2. The first-order valence-electron chi connectivity index (χ1n) is 9.48. The molecule has 134 valence electrons. The molecule has 2 heterocycles. The highest BCUT2D eigenvalue weighted by Crippen LogP contribution is 2.50. The number of amides is 2. The van der Waals surface area contributed by atoms with E-state index < -0.39 is 6.09 Å². The van der Waals surface area contributed by atoms with Crippen LogP contribution < -0.4 is 0 Å². The molecule has 0 aromatic carbocycles. The first kappa shape index (κ1) is 16.2. The Morgan fingerprint density at radius 2 is 1.67 bits per heavy atom. The first-order chi connectivity index (χ1) is 11.5. The zero-order valence-corrected chi connectivity index (χ0v) is 14.6. The summed E-state index contributed by atoms with van der Waals surface area (Å²) in [5.74, 6) is 0.248. The van der Waals surface area contributed by atoms with E-state index in [1.807, 2.05) is 0 Å². The van der Waals surface area contributed by atoms with Gasteiger partial charge in [0.2, 0.25) is 5.91 Å². The molecular weight excluding hydrogens is 306 g/mol. The standard InChI is InChI=1S/C18H29N3O3/c1-13(22)21(14-2-3-14)15-4-7-19(8-5-15)16-10-18(11-16)6-9-20(12-18)17(23)24/h14-16H,2-12H2,1H3,(H,23,24). The topological polar surface area (TPSA) is 64.1 Å². The quantitative estimate of drug-likeness (QED) is 0.857. The number of piperidine rings is 1. The second-order valence-corrected chi connectivity index (χ2v) is 8.44. The molecule has 0 unspecified atom stereocenters. The van der Waals surface area contributed by atoms with Crippen molar-refractivity contribution in [1.82, 2.24) is 14.7 Å². The lowest BCUT2D eigenvalue weighted by Gasteiger charge is -2.52. The van der Waals surface area contributed by atoms with E-state index in [9.17, 15) is 9.59 Å². The van der Waals surface area contributed by atoms with Gasteiger partial charge in [0.15, 0.2) is 0 Å². The Kier molecular flexibility index (Phi) is 3.98. The molecule has 4 fully saturated rings. The maximum atomic E-state index is 11.9. The molecule has 6 heteroatoms. The normalized spacial score (nSPS) is 34.4. The first-order valence-corrected chi connectivity index (χ1v) is 9.48. The fraction of sp³-hybridized carbons (Fsp3) is 0.889. The van der Waals surface area contributed by atoms with Crippen LogP contribution in [0.25, 0.3) is 0 Å². The van der Waals surface area contributed by atoms with E-state index in [0.29, 0.717) is 24.7 Å². The highest BCUT2D eigenvalue weighted by molar-refractivity contribution is 5.74. The van der Waals surface area contributed by atoms with Crippen LogP contribution in [0.15, 0.2) is 0 Å². The fourth-order valence-electron chi connectivity index (χ4n) is 5.32. The number of rotatable bonds is 3. The van der Waals surface area contributed by atoms with Gasteiger partial charge in [-0.3, -0.25) is 4.79 Å². The Morgan fingerprint density at radius 3 is 2.17 bits per heavy atom. The summed E-state index contributed by atoms with van der Waals surface area (Å²) in [7, 11) is 0.